The van der Waals surface area contributed by atoms with Crippen LogP contribution in [0.15, 0.2) is 70.5 Å². The number of carbonyl (C=O) groups excluding carboxylic acids is 2. The van der Waals surface area contributed by atoms with Crippen molar-refractivity contribution >= 4 is 29.3 Å². The lowest BCUT2D eigenvalue weighted by Gasteiger charge is -2.12. The number of methoxy groups -OCH3 is 2. The molecular weight excluding hydrogens is 412 g/mol. The predicted octanol–water partition coefficient (Wildman–Crippen LogP) is 4.39. The number of nitrogens with one attached hydrogen (secondary N) is 2. The van der Waals surface area contributed by atoms with Gasteiger partial charge in [-0.3, -0.25) is 9.59 Å². The van der Waals surface area contributed by atoms with E-state index in [0.29, 0.717) is 29.8 Å². The first-order valence-electron chi connectivity index (χ1n) is 9.80. The van der Waals surface area contributed by atoms with Crippen LogP contribution in [-0.4, -0.2) is 32.6 Å². The fourth-order valence-electron chi connectivity index (χ4n) is 3.38. The van der Waals surface area contributed by atoms with Gasteiger partial charge in [0.1, 0.15) is 11.5 Å². The fourth-order valence-corrected chi connectivity index (χ4v) is 4.39. The molecule has 0 unspecified atom stereocenters. The topological polar surface area (TPSA) is 76.7 Å². The number of rotatable bonds is 6. The standard InChI is InChI=1S/C24H22N2O4S/c1-29-17-9-7-15(20(14-17)30-2)11-12-25-23(27)16-8-10-22-19(13-16)26-24(28)18-5-3-4-6-21(18)31-22/h3-10,13-14H,11-12H2,1-2H3,(H,25,27)(H,26,28). The molecule has 7 heteroatoms. The number of hydrogen-bond acceptors (Lipinski definition) is 5. The molecule has 31 heavy (non-hydrogen) atoms. The lowest BCUT2D eigenvalue weighted by Crippen LogP contribution is -2.26. The van der Waals surface area contributed by atoms with Gasteiger partial charge in [-0.15, -0.1) is 0 Å². The number of carbonyl (C=O) groups is 2. The second-order valence-electron chi connectivity index (χ2n) is 6.95. The van der Waals surface area contributed by atoms with E-state index in [2.05, 4.69) is 10.6 Å². The van der Waals surface area contributed by atoms with Crippen molar-refractivity contribution in [2.75, 3.05) is 26.1 Å². The van der Waals surface area contributed by atoms with E-state index in [9.17, 15) is 9.59 Å². The van der Waals surface area contributed by atoms with Gasteiger partial charge in [0.2, 0.25) is 0 Å². The van der Waals surface area contributed by atoms with Crippen LogP contribution in [0.25, 0.3) is 0 Å². The molecule has 0 fully saturated rings. The van der Waals surface area contributed by atoms with Gasteiger partial charge in [0, 0.05) is 28.0 Å². The lowest BCUT2D eigenvalue weighted by molar-refractivity contribution is 0.0952. The average Bonchev–Trinajstić information content (AvgIpc) is 2.94. The monoisotopic (exact) mass is 434 g/mol. The van der Waals surface area contributed by atoms with Crippen LogP contribution in [0.3, 0.4) is 0 Å². The van der Waals surface area contributed by atoms with Crippen LogP contribution in [0, 0.1) is 0 Å². The van der Waals surface area contributed by atoms with Crippen molar-refractivity contribution in [2.24, 2.45) is 0 Å². The van der Waals surface area contributed by atoms with Gasteiger partial charge in [-0.05, 0) is 48.4 Å². The molecule has 1 aliphatic heterocycles. The van der Waals surface area contributed by atoms with Crippen LogP contribution in [0.5, 0.6) is 11.5 Å². The summed E-state index contributed by atoms with van der Waals surface area (Å²) in [6, 6.07) is 18.4. The Labute approximate surface area is 185 Å². The van der Waals surface area contributed by atoms with Gasteiger partial charge in [0.15, 0.2) is 0 Å². The summed E-state index contributed by atoms with van der Waals surface area (Å²) in [5, 5.41) is 5.85. The quantitative estimate of drug-likeness (QED) is 0.602. The molecular formula is C24H22N2O4S. The number of hydrogen-bond donors (Lipinski definition) is 2. The van der Waals surface area contributed by atoms with Crippen LogP contribution < -0.4 is 20.1 Å². The molecule has 0 radical (unpaired) electrons. The Kier molecular flexibility index (Phi) is 6.13. The first-order valence-corrected chi connectivity index (χ1v) is 10.6. The molecule has 0 aromatic heterocycles. The smallest absolute Gasteiger partial charge is 0.256 e. The van der Waals surface area contributed by atoms with Crippen LogP contribution >= 0.6 is 11.8 Å². The number of anilines is 1. The van der Waals surface area contributed by atoms with Crippen molar-refractivity contribution in [2.45, 2.75) is 16.2 Å². The van der Waals surface area contributed by atoms with E-state index >= 15 is 0 Å². The van der Waals surface area contributed by atoms with Crippen molar-refractivity contribution in [1.82, 2.24) is 5.32 Å². The molecule has 0 aliphatic carbocycles. The maximum Gasteiger partial charge on any atom is 0.256 e. The molecule has 4 rings (SSSR count). The summed E-state index contributed by atoms with van der Waals surface area (Å²) in [6.45, 7) is 0.450. The molecule has 2 N–H and O–H groups in total. The number of ether oxygens (including phenoxy) is 2. The Morgan fingerprint density at radius 2 is 1.84 bits per heavy atom. The predicted molar refractivity (Wildman–Crippen MR) is 121 cm³/mol. The average molecular weight is 435 g/mol. The zero-order chi connectivity index (χ0) is 21.8. The Hall–Kier alpha value is -3.45. The summed E-state index contributed by atoms with van der Waals surface area (Å²) in [5.74, 6) is 1.07. The molecule has 0 saturated heterocycles. The normalized spacial score (nSPS) is 12.1. The highest BCUT2D eigenvalue weighted by Gasteiger charge is 2.20. The van der Waals surface area contributed by atoms with Crippen molar-refractivity contribution in [3.8, 4) is 11.5 Å². The minimum atomic E-state index is -0.198. The summed E-state index contributed by atoms with van der Waals surface area (Å²) < 4.78 is 10.6. The van der Waals surface area contributed by atoms with E-state index in [1.165, 1.54) is 11.8 Å². The number of benzene rings is 3. The summed E-state index contributed by atoms with van der Waals surface area (Å²) in [7, 11) is 3.21. The third kappa shape index (κ3) is 4.51. The number of fused-ring (bicyclic) bond motifs is 2. The van der Waals surface area contributed by atoms with E-state index in [-0.39, 0.29) is 11.8 Å². The van der Waals surface area contributed by atoms with E-state index in [4.69, 9.17) is 9.47 Å². The second kappa shape index (κ2) is 9.14. The van der Waals surface area contributed by atoms with Crippen LogP contribution in [-0.2, 0) is 6.42 Å². The van der Waals surface area contributed by atoms with Crippen LogP contribution in [0.4, 0.5) is 5.69 Å². The SMILES string of the molecule is COc1ccc(CCNC(=O)c2ccc3c(c2)NC(=O)c2ccccc2S3)c(OC)c1. The van der Waals surface area contributed by atoms with E-state index in [1.54, 1.807) is 32.4 Å². The molecule has 3 aromatic rings. The Bertz CT molecular complexity index is 1150. The Morgan fingerprint density at radius 1 is 1.00 bits per heavy atom. The zero-order valence-electron chi connectivity index (χ0n) is 17.2. The van der Waals surface area contributed by atoms with Crippen molar-refractivity contribution in [3.05, 3.63) is 77.4 Å². The molecule has 0 atom stereocenters. The highest BCUT2D eigenvalue weighted by Crippen LogP contribution is 2.39. The second-order valence-corrected chi connectivity index (χ2v) is 8.03. The molecule has 158 valence electrons. The molecule has 6 nitrogen and oxygen atoms in total. The molecule has 1 aliphatic rings. The Morgan fingerprint density at radius 3 is 2.65 bits per heavy atom. The minimum absolute atomic E-state index is 0.175. The first kappa shape index (κ1) is 20.8. The van der Waals surface area contributed by atoms with Crippen molar-refractivity contribution in [1.29, 1.82) is 0 Å². The molecule has 0 spiro atoms. The van der Waals surface area contributed by atoms with E-state index in [0.717, 1.165) is 26.9 Å². The van der Waals surface area contributed by atoms with E-state index < -0.39 is 0 Å². The third-order valence-electron chi connectivity index (χ3n) is 5.02. The molecule has 3 aromatic carbocycles. The van der Waals surface area contributed by atoms with Crippen molar-refractivity contribution < 1.29 is 19.1 Å². The molecule has 0 bridgehead atoms. The van der Waals surface area contributed by atoms with Crippen LogP contribution in [0.2, 0.25) is 0 Å². The van der Waals surface area contributed by atoms with Gasteiger partial charge in [-0.1, -0.05) is 30.0 Å². The van der Waals surface area contributed by atoms with Gasteiger partial charge < -0.3 is 20.1 Å². The van der Waals surface area contributed by atoms with Gasteiger partial charge in [-0.2, -0.15) is 0 Å². The molecule has 0 saturated carbocycles. The molecule has 2 amide bonds. The summed E-state index contributed by atoms with van der Waals surface area (Å²) >= 11 is 1.51. The zero-order valence-corrected chi connectivity index (χ0v) is 18.0. The van der Waals surface area contributed by atoms with Gasteiger partial charge in [-0.25, -0.2) is 0 Å². The maximum absolute atomic E-state index is 12.7. The minimum Gasteiger partial charge on any atom is -0.497 e. The Balaban J connectivity index is 1.44. The maximum atomic E-state index is 12.7. The lowest BCUT2D eigenvalue weighted by atomic mass is 10.1. The fraction of sp³-hybridized carbons (Fsp3) is 0.167. The summed E-state index contributed by atoms with van der Waals surface area (Å²) in [5.41, 5.74) is 2.73. The number of amides is 2. The van der Waals surface area contributed by atoms with Crippen molar-refractivity contribution in [3.63, 3.8) is 0 Å². The molecule has 1 heterocycles. The summed E-state index contributed by atoms with van der Waals surface area (Å²) in [4.78, 5) is 27.0. The van der Waals surface area contributed by atoms with Gasteiger partial charge in [0.05, 0.1) is 25.5 Å². The van der Waals surface area contributed by atoms with Gasteiger partial charge >= 0.3 is 0 Å². The third-order valence-corrected chi connectivity index (χ3v) is 6.17. The summed E-state index contributed by atoms with van der Waals surface area (Å²) in [6.07, 6.45) is 0.617. The first-order chi connectivity index (χ1) is 15.1. The highest BCUT2D eigenvalue weighted by atomic mass is 32.2. The van der Waals surface area contributed by atoms with Crippen LogP contribution in [0.1, 0.15) is 26.3 Å². The highest BCUT2D eigenvalue weighted by molar-refractivity contribution is 7.99. The van der Waals surface area contributed by atoms with Gasteiger partial charge in [0.25, 0.3) is 11.8 Å². The largest absolute Gasteiger partial charge is 0.497 e. The van der Waals surface area contributed by atoms with E-state index in [1.807, 2.05) is 42.5 Å².